The van der Waals surface area contributed by atoms with Gasteiger partial charge in [-0.1, -0.05) is 38.8 Å². The molecule has 0 aliphatic rings. The van der Waals surface area contributed by atoms with Gasteiger partial charge >= 0.3 is 0 Å². The maximum atomic E-state index is 11.4. The van der Waals surface area contributed by atoms with Gasteiger partial charge in [-0.05, 0) is 25.7 Å². The number of allylic oxidation sites excluding steroid dienone is 1. The summed E-state index contributed by atoms with van der Waals surface area (Å²) in [6.45, 7) is 9.11. The van der Waals surface area contributed by atoms with E-state index in [0.29, 0.717) is 6.42 Å². The van der Waals surface area contributed by atoms with Crippen LogP contribution < -0.4 is 10.9 Å². The highest BCUT2D eigenvalue weighted by Crippen LogP contribution is 2.10. The summed E-state index contributed by atoms with van der Waals surface area (Å²) in [5, 5.41) is 0. The van der Waals surface area contributed by atoms with E-state index in [-0.39, 0.29) is 5.91 Å². The number of hydrogen-bond acceptors (Lipinski definition) is 2. The fourth-order valence-electron chi connectivity index (χ4n) is 1.33. The van der Waals surface area contributed by atoms with Crippen molar-refractivity contribution >= 4 is 5.91 Å². The number of nitrogens with one attached hydrogen (secondary N) is 2. The monoisotopic (exact) mass is 226 g/mol. The van der Waals surface area contributed by atoms with Gasteiger partial charge in [0, 0.05) is 13.0 Å². The summed E-state index contributed by atoms with van der Waals surface area (Å²) in [6.07, 6.45) is 6.98. The summed E-state index contributed by atoms with van der Waals surface area (Å²) >= 11 is 0. The summed E-state index contributed by atoms with van der Waals surface area (Å²) in [7, 11) is 0. The summed E-state index contributed by atoms with van der Waals surface area (Å²) in [6, 6.07) is 0. The number of amides is 1. The number of rotatable bonds is 10. The van der Waals surface area contributed by atoms with E-state index in [0.717, 1.165) is 32.2 Å². The van der Waals surface area contributed by atoms with E-state index < -0.39 is 0 Å². The van der Waals surface area contributed by atoms with Crippen molar-refractivity contribution in [3.05, 3.63) is 12.2 Å². The van der Waals surface area contributed by atoms with Crippen LogP contribution in [0.1, 0.15) is 58.8 Å². The highest BCUT2D eigenvalue weighted by atomic mass is 16.2. The Hall–Kier alpha value is -0.830. The Morgan fingerprint density at radius 2 is 1.75 bits per heavy atom. The fraction of sp³-hybridized carbons (Fsp3) is 0.769. The van der Waals surface area contributed by atoms with Crippen LogP contribution >= 0.6 is 0 Å². The van der Waals surface area contributed by atoms with Gasteiger partial charge in [0.05, 0.1) is 0 Å². The predicted molar refractivity (Wildman–Crippen MR) is 69.0 cm³/mol. The smallest absolute Gasteiger partial charge is 0.234 e. The predicted octanol–water partition coefficient (Wildman–Crippen LogP) is 2.93. The molecule has 1 amide bonds. The quantitative estimate of drug-likeness (QED) is 0.341. The molecule has 2 N–H and O–H groups in total. The zero-order chi connectivity index (χ0) is 12.2. The molecular weight excluding hydrogens is 200 g/mol. The summed E-state index contributed by atoms with van der Waals surface area (Å²) in [4.78, 5) is 11.4. The van der Waals surface area contributed by atoms with Crippen molar-refractivity contribution in [2.24, 2.45) is 0 Å². The van der Waals surface area contributed by atoms with Crippen molar-refractivity contribution < 1.29 is 4.79 Å². The maximum absolute atomic E-state index is 11.4. The molecule has 0 unspecified atom stereocenters. The van der Waals surface area contributed by atoms with Crippen molar-refractivity contribution in [2.45, 2.75) is 58.8 Å². The van der Waals surface area contributed by atoms with Gasteiger partial charge in [-0.15, -0.1) is 0 Å². The van der Waals surface area contributed by atoms with Gasteiger partial charge in [-0.25, -0.2) is 5.43 Å². The summed E-state index contributed by atoms with van der Waals surface area (Å²) < 4.78 is 0. The van der Waals surface area contributed by atoms with Crippen molar-refractivity contribution in [3.8, 4) is 0 Å². The molecule has 3 heteroatoms. The minimum Gasteiger partial charge on any atom is -0.292 e. The molecule has 0 aromatic rings. The van der Waals surface area contributed by atoms with E-state index in [1.807, 2.05) is 0 Å². The van der Waals surface area contributed by atoms with E-state index in [2.05, 4.69) is 31.3 Å². The molecule has 0 radical (unpaired) electrons. The molecule has 0 aromatic heterocycles. The molecule has 0 saturated heterocycles. The van der Waals surface area contributed by atoms with Crippen LogP contribution in [0, 0.1) is 0 Å². The van der Waals surface area contributed by atoms with Crippen molar-refractivity contribution in [3.63, 3.8) is 0 Å². The Morgan fingerprint density at radius 1 is 1.06 bits per heavy atom. The van der Waals surface area contributed by atoms with Crippen molar-refractivity contribution in [2.75, 3.05) is 6.54 Å². The number of carbonyl (C=O) groups excluding carboxylic acids is 1. The SMILES string of the molecule is C=C(CCCC)CCC(=O)NNCCCC. The highest BCUT2D eigenvalue weighted by molar-refractivity contribution is 5.75. The molecule has 0 aromatic carbocycles. The maximum Gasteiger partial charge on any atom is 0.234 e. The lowest BCUT2D eigenvalue weighted by Crippen LogP contribution is -2.37. The van der Waals surface area contributed by atoms with E-state index in [4.69, 9.17) is 0 Å². The molecule has 0 spiro atoms. The lowest BCUT2D eigenvalue weighted by Gasteiger charge is -2.07. The normalized spacial score (nSPS) is 10.1. The standard InChI is InChI=1S/C13H26N2O/c1-4-6-8-12(3)9-10-13(16)15-14-11-7-5-2/h14H,3-11H2,1-2H3,(H,15,16). The van der Waals surface area contributed by atoms with Crippen molar-refractivity contribution in [1.29, 1.82) is 0 Å². The Bertz CT molecular complexity index is 202. The molecule has 0 bridgehead atoms. The molecule has 0 aliphatic carbocycles. The van der Waals surface area contributed by atoms with Crippen LogP contribution in [0.15, 0.2) is 12.2 Å². The minimum atomic E-state index is 0.0637. The molecular formula is C13H26N2O. The Labute approximate surface area is 99.7 Å². The van der Waals surface area contributed by atoms with E-state index in [1.54, 1.807) is 0 Å². The first-order chi connectivity index (χ1) is 7.70. The van der Waals surface area contributed by atoms with Crippen LogP contribution in [0.5, 0.6) is 0 Å². The molecule has 3 nitrogen and oxygen atoms in total. The van der Waals surface area contributed by atoms with Gasteiger partial charge in [0.25, 0.3) is 0 Å². The average molecular weight is 226 g/mol. The Kier molecular flexibility index (Phi) is 10.1. The number of hydrogen-bond donors (Lipinski definition) is 2. The van der Waals surface area contributed by atoms with Crippen LogP contribution in [0.3, 0.4) is 0 Å². The molecule has 16 heavy (non-hydrogen) atoms. The van der Waals surface area contributed by atoms with E-state index in [1.165, 1.54) is 18.4 Å². The largest absolute Gasteiger partial charge is 0.292 e. The second kappa shape index (κ2) is 10.7. The molecule has 0 saturated carbocycles. The van der Waals surface area contributed by atoms with E-state index in [9.17, 15) is 4.79 Å². The third kappa shape index (κ3) is 9.71. The zero-order valence-electron chi connectivity index (χ0n) is 10.8. The molecule has 0 rings (SSSR count). The first-order valence-electron chi connectivity index (χ1n) is 6.39. The number of carbonyl (C=O) groups is 1. The van der Waals surface area contributed by atoms with Gasteiger partial charge < -0.3 is 0 Å². The Balaban J connectivity index is 3.38. The molecule has 0 aliphatic heterocycles. The third-order valence-electron chi connectivity index (χ3n) is 2.47. The molecule has 0 atom stereocenters. The number of hydrazine groups is 1. The minimum absolute atomic E-state index is 0.0637. The zero-order valence-corrected chi connectivity index (χ0v) is 10.8. The third-order valence-corrected chi connectivity index (χ3v) is 2.47. The topological polar surface area (TPSA) is 41.1 Å². The Morgan fingerprint density at radius 3 is 2.38 bits per heavy atom. The van der Waals surface area contributed by atoms with Crippen LogP contribution in [0.25, 0.3) is 0 Å². The van der Waals surface area contributed by atoms with Gasteiger partial charge in [-0.2, -0.15) is 0 Å². The fourth-order valence-corrected chi connectivity index (χ4v) is 1.33. The first-order valence-corrected chi connectivity index (χ1v) is 6.39. The van der Waals surface area contributed by atoms with Gasteiger partial charge in [0.1, 0.15) is 0 Å². The highest BCUT2D eigenvalue weighted by Gasteiger charge is 2.01. The van der Waals surface area contributed by atoms with Crippen LogP contribution in [0.4, 0.5) is 0 Å². The van der Waals surface area contributed by atoms with E-state index >= 15 is 0 Å². The summed E-state index contributed by atoms with van der Waals surface area (Å²) in [5.41, 5.74) is 6.81. The van der Waals surface area contributed by atoms with Crippen LogP contribution in [-0.2, 0) is 4.79 Å². The van der Waals surface area contributed by atoms with Gasteiger partial charge in [0.15, 0.2) is 0 Å². The second-order valence-electron chi connectivity index (χ2n) is 4.18. The van der Waals surface area contributed by atoms with Crippen molar-refractivity contribution in [1.82, 2.24) is 10.9 Å². The van der Waals surface area contributed by atoms with Gasteiger partial charge in [0.2, 0.25) is 5.91 Å². The molecule has 0 fully saturated rings. The molecule has 94 valence electrons. The average Bonchev–Trinajstić information content (AvgIpc) is 2.29. The summed E-state index contributed by atoms with van der Waals surface area (Å²) in [5.74, 6) is 0.0637. The number of unbranched alkanes of at least 4 members (excludes halogenated alkanes) is 2. The lowest BCUT2D eigenvalue weighted by atomic mass is 10.1. The second-order valence-corrected chi connectivity index (χ2v) is 4.18. The first kappa shape index (κ1) is 15.2. The lowest BCUT2D eigenvalue weighted by molar-refractivity contribution is -0.122. The van der Waals surface area contributed by atoms with Gasteiger partial charge in [-0.3, -0.25) is 10.2 Å². The van der Waals surface area contributed by atoms with Crippen LogP contribution in [-0.4, -0.2) is 12.5 Å². The molecule has 0 heterocycles. The van der Waals surface area contributed by atoms with Crippen LogP contribution in [0.2, 0.25) is 0 Å².